The summed E-state index contributed by atoms with van der Waals surface area (Å²) in [6.07, 6.45) is 2.88. The van der Waals surface area contributed by atoms with Crippen molar-refractivity contribution in [3.63, 3.8) is 0 Å². The van der Waals surface area contributed by atoms with Gasteiger partial charge in [-0.15, -0.1) is 0 Å². The van der Waals surface area contributed by atoms with Gasteiger partial charge in [0, 0.05) is 28.9 Å². The first kappa shape index (κ1) is 13.8. The minimum Gasteiger partial charge on any atom is -0.309 e. The molecular formula is C12H17ClFNS. The van der Waals surface area contributed by atoms with Gasteiger partial charge < -0.3 is 5.32 Å². The molecule has 0 aromatic heterocycles. The Bertz CT molecular complexity index is 313. The highest BCUT2D eigenvalue weighted by molar-refractivity contribution is 7.98. The number of hydrogen-bond donors (Lipinski definition) is 1. The fourth-order valence-corrected chi connectivity index (χ4v) is 2.25. The molecule has 0 saturated heterocycles. The summed E-state index contributed by atoms with van der Waals surface area (Å²) in [7, 11) is 0. The summed E-state index contributed by atoms with van der Waals surface area (Å²) in [5, 5.41) is 3.83. The van der Waals surface area contributed by atoms with Crippen molar-refractivity contribution in [3.05, 3.63) is 34.6 Å². The van der Waals surface area contributed by atoms with Crippen molar-refractivity contribution in [2.75, 3.05) is 18.6 Å². The predicted octanol–water partition coefficient (Wildman–Crippen LogP) is 3.88. The lowest BCUT2D eigenvalue weighted by molar-refractivity contribution is 0.503. The second kappa shape index (κ2) is 7.15. The van der Waals surface area contributed by atoms with Crippen molar-refractivity contribution < 1.29 is 4.39 Å². The van der Waals surface area contributed by atoms with Gasteiger partial charge >= 0.3 is 0 Å². The second-order valence-corrected chi connectivity index (χ2v) is 4.94. The molecule has 0 spiro atoms. The van der Waals surface area contributed by atoms with Gasteiger partial charge in [0.25, 0.3) is 0 Å². The monoisotopic (exact) mass is 261 g/mol. The first-order chi connectivity index (χ1) is 7.70. The van der Waals surface area contributed by atoms with Crippen molar-refractivity contribution >= 4 is 23.4 Å². The van der Waals surface area contributed by atoms with Crippen LogP contribution in [0.2, 0.25) is 5.02 Å². The summed E-state index contributed by atoms with van der Waals surface area (Å²) in [6.45, 7) is 2.89. The van der Waals surface area contributed by atoms with Gasteiger partial charge in [0.2, 0.25) is 0 Å². The van der Waals surface area contributed by atoms with Crippen molar-refractivity contribution in [2.24, 2.45) is 0 Å². The lowest BCUT2D eigenvalue weighted by atomic mass is 10.0. The van der Waals surface area contributed by atoms with E-state index in [-0.39, 0.29) is 11.9 Å². The number of rotatable bonds is 6. The maximum Gasteiger partial charge on any atom is 0.129 e. The van der Waals surface area contributed by atoms with Crippen LogP contribution in [-0.4, -0.2) is 18.6 Å². The molecule has 1 aromatic carbocycles. The second-order valence-electron chi connectivity index (χ2n) is 3.54. The Hall–Kier alpha value is -0.250. The lowest BCUT2D eigenvalue weighted by Crippen LogP contribution is -2.24. The van der Waals surface area contributed by atoms with Crippen LogP contribution in [0.4, 0.5) is 4.39 Å². The van der Waals surface area contributed by atoms with Crippen LogP contribution in [0.25, 0.3) is 0 Å². The van der Waals surface area contributed by atoms with Crippen molar-refractivity contribution in [3.8, 4) is 0 Å². The minimum atomic E-state index is -0.226. The van der Waals surface area contributed by atoms with E-state index in [1.165, 1.54) is 6.07 Å². The van der Waals surface area contributed by atoms with Crippen molar-refractivity contribution in [2.45, 2.75) is 19.4 Å². The molecule has 1 unspecified atom stereocenters. The summed E-state index contributed by atoms with van der Waals surface area (Å²) >= 11 is 7.80. The third-order valence-corrected chi connectivity index (χ3v) is 3.40. The molecule has 1 N–H and O–H groups in total. The number of benzene rings is 1. The zero-order valence-corrected chi connectivity index (χ0v) is 11.2. The summed E-state index contributed by atoms with van der Waals surface area (Å²) in [4.78, 5) is 0. The molecule has 1 aromatic rings. The van der Waals surface area contributed by atoms with Gasteiger partial charge in [0.1, 0.15) is 5.82 Å². The molecule has 0 aliphatic heterocycles. The minimum absolute atomic E-state index is 0.000787. The third-order valence-electron chi connectivity index (χ3n) is 2.45. The average Bonchev–Trinajstić information content (AvgIpc) is 2.26. The summed E-state index contributed by atoms with van der Waals surface area (Å²) in [5.41, 5.74) is 0.591. The SMILES string of the molecule is CCC(NCCSC)c1c(F)cccc1Cl. The van der Waals surface area contributed by atoms with E-state index in [4.69, 9.17) is 11.6 Å². The van der Waals surface area contributed by atoms with Crippen molar-refractivity contribution in [1.82, 2.24) is 5.32 Å². The molecule has 0 aliphatic carbocycles. The van der Waals surface area contributed by atoms with Gasteiger partial charge in [-0.25, -0.2) is 4.39 Å². The number of hydrogen-bond acceptors (Lipinski definition) is 2. The van der Waals surface area contributed by atoms with Gasteiger partial charge in [-0.05, 0) is 24.8 Å². The molecule has 0 heterocycles. The molecule has 0 bridgehead atoms. The van der Waals surface area contributed by atoms with E-state index in [2.05, 4.69) is 11.6 Å². The molecule has 0 fully saturated rings. The van der Waals surface area contributed by atoms with Gasteiger partial charge in [0.15, 0.2) is 0 Å². The summed E-state index contributed by atoms with van der Waals surface area (Å²) < 4.78 is 13.7. The van der Waals surface area contributed by atoms with Crippen LogP contribution in [0.1, 0.15) is 24.9 Å². The van der Waals surface area contributed by atoms with Gasteiger partial charge in [-0.3, -0.25) is 0 Å². The molecule has 1 rings (SSSR count). The normalized spacial score (nSPS) is 12.8. The Morgan fingerprint density at radius 1 is 1.50 bits per heavy atom. The molecule has 90 valence electrons. The molecule has 0 radical (unpaired) electrons. The van der Waals surface area contributed by atoms with E-state index in [9.17, 15) is 4.39 Å². The summed E-state index contributed by atoms with van der Waals surface area (Å²) in [5.74, 6) is 0.791. The Morgan fingerprint density at radius 3 is 2.81 bits per heavy atom. The van der Waals surface area contributed by atoms with Crippen molar-refractivity contribution in [1.29, 1.82) is 0 Å². The highest BCUT2D eigenvalue weighted by atomic mass is 35.5. The van der Waals surface area contributed by atoms with Crippen LogP contribution >= 0.6 is 23.4 Å². The van der Waals surface area contributed by atoms with E-state index in [1.54, 1.807) is 23.9 Å². The fraction of sp³-hybridized carbons (Fsp3) is 0.500. The van der Waals surface area contributed by atoms with E-state index in [0.717, 1.165) is 18.7 Å². The number of thioether (sulfide) groups is 1. The van der Waals surface area contributed by atoms with Crippen LogP contribution in [0.5, 0.6) is 0 Å². The Labute approximate surface area is 106 Å². The largest absolute Gasteiger partial charge is 0.309 e. The summed E-state index contributed by atoms with van der Waals surface area (Å²) in [6, 6.07) is 4.83. The first-order valence-corrected chi connectivity index (χ1v) is 7.14. The predicted molar refractivity (Wildman–Crippen MR) is 70.8 cm³/mol. The van der Waals surface area contributed by atoms with Gasteiger partial charge in [-0.2, -0.15) is 11.8 Å². The molecular weight excluding hydrogens is 245 g/mol. The Kier molecular flexibility index (Phi) is 6.17. The number of halogens is 2. The molecule has 1 atom stereocenters. The molecule has 0 saturated carbocycles. The third kappa shape index (κ3) is 3.65. The number of nitrogens with one attached hydrogen (secondary N) is 1. The van der Waals surface area contributed by atoms with E-state index < -0.39 is 0 Å². The van der Waals surface area contributed by atoms with Gasteiger partial charge in [0.05, 0.1) is 0 Å². The lowest BCUT2D eigenvalue weighted by Gasteiger charge is -2.19. The highest BCUT2D eigenvalue weighted by Crippen LogP contribution is 2.27. The van der Waals surface area contributed by atoms with E-state index in [0.29, 0.717) is 10.6 Å². The first-order valence-electron chi connectivity index (χ1n) is 5.37. The topological polar surface area (TPSA) is 12.0 Å². The molecule has 1 nitrogen and oxygen atoms in total. The maximum atomic E-state index is 13.7. The van der Waals surface area contributed by atoms with Crippen LogP contribution in [0.3, 0.4) is 0 Å². The highest BCUT2D eigenvalue weighted by Gasteiger charge is 2.16. The van der Waals surface area contributed by atoms with Crippen LogP contribution in [-0.2, 0) is 0 Å². The maximum absolute atomic E-state index is 13.7. The van der Waals surface area contributed by atoms with E-state index in [1.807, 2.05) is 6.92 Å². The Balaban J connectivity index is 2.78. The van der Waals surface area contributed by atoms with Crippen LogP contribution in [0, 0.1) is 5.82 Å². The molecule has 4 heteroatoms. The Morgan fingerprint density at radius 2 is 2.25 bits per heavy atom. The van der Waals surface area contributed by atoms with Crippen LogP contribution in [0.15, 0.2) is 18.2 Å². The quantitative estimate of drug-likeness (QED) is 0.780. The van der Waals surface area contributed by atoms with E-state index >= 15 is 0 Å². The van der Waals surface area contributed by atoms with Gasteiger partial charge in [-0.1, -0.05) is 24.6 Å². The van der Waals surface area contributed by atoms with Crippen LogP contribution < -0.4 is 5.32 Å². The fourth-order valence-electron chi connectivity index (χ4n) is 1.63. The zero-order valence-electron chi connectivity index (χ0n) is 9.59. The average molecular weight is 262 g/mol. The molecule has 0 amide bonds. The molecule has 16 heavy (non-hydrogen) atoms. The smallest absolute Gasteiger partial charge is 0.129 e. The zero-order chi connectivity index (χ0) is 12.0. The molecule has 0 aliphatic rings. The standard InChI is InChI=1S/C12H17ClFNS/c1-3-11(15-7-8-16-2)12-9(13)5-4-6-10(12)14/h4-6,11,15H,3,7-8H2,1-2H3.